The molecule has 3 heterocycles. The number of benzene rings is 1. The molecule has 1 saturated heterocycles. The topological polar surface area (TPSA) is 84.7 Å². The number of halogens is 1. The molecule has 33 heavy (non-hydrogen) atoms. The number of nitrogens with one attached hydrogen (secondary N) is 1. The molecule has 2 aromatic rings. The molecule has 0 saturated carbocycles. The van der Waals surface area contributed by atoms with Gasteiger partial charge in [-0.05, 0) is 50.3 Å². The van der Waals surface area contributed by atoms with E-state index in [1.54, 1.807) is 24.3 Å². The summed E-state index contributed by atoms with van der Waals surface area (Å²) < 4.78 is 11.2. The SMILES string of the molecule is CCCc1cc(C(=O)N2CCCC3(CCCCCOc4ccc(Cl)cc4C(=O)NC3)C2)no1. The number of rotatable bonds is 3. The molecule has 2 amide bonds. The predicted octanol–water partition coefficient (Wildman–Crippen LogP) is 4.89. The Hall–Kier alpha value is -2.54. The Labute approximate surface area is 199 Å². The van der Waals surface area contributed by atoms with E-state index in [0.717, 1.165) is 57.1 Å². The molecule has 8 heteroatoms. The smallest absolute Gasteiger partial charge is 0.276 e. The molecule has 178 valence electrons. The number of carbonyl (C=O) groups is 2. The first kappa shape index (κ1) is 23.6. The standard InChI is InChI=1S/C25H32ClN3O4/c1-2-7-19-15-21(28-33-19)24(31)29-12-6-11-25(17-29)10-4-3-5-13-32-22-9-8-18(26)14-20(22)23(30)27-16-25/h8-9,14-15H,2-7,10-13,16-17H2,1H3,(H,27,30). The molecule has 1 atom stereocenters. The van der Waals surface area contributed by atoms with Gasteiger partial charge in [0.25, 0.3) is 11.8 Å². The van der Waals surface area contributed by atoms with E-state index in [-0.39, 0.29) is 17.2 Å². The lowest BCUT2D eigenvalue weighted by molar-refractivity contribution is 0.0460. The maximum absolute atomic E-state index is 13.2. The van der Waals surface area contributed by atoms with Gasteiger partial charge in [-0.3, -0.25) is 9.59 Å². The van der Waals surface area contributed by atoms with Crippen molar-refractivity contribution < 1.29 is 18.8 Å². The van der Waals surface area contributed by atoms with Gasteiger partial charge in [-0.25, -0.2) is 0 Å². The van der Waals surface area contributed by atoms with Crippen LogP contribution >= 0.6 is 11.6 Å². The first-order valence-corrected chi connectivity index (χ1v) is 12.3. The summed E-state index contributed by atoms with van der Waals surface area (Å²) in [5.41, 5.74) is 0.652. The van der Waals surface area contributed by atoms with Gasteiger partial charge < -0.3 is 19.5 Å². The molecular weight excluding hydrogens is 442 g/mol. The molecule has 4 rings (SSSR count). The number of piperidine rings is 1. The van der Waals surface area contributed by atoms with Crippen molar-refractivity contribution in [1.29, 1.82) is 0 Å². The molecule has 0 bridgehead atoms. The second-order valence-corrected chi connectivity index (χ2v) is 9.68. The molecule has 1 N–H and O–H groups in total. The van der Waals surface area contributed by atoms with Crippen LogP contribution in [0.4, 0.5) is 0 Å². The van der Waals surface area contributed by atoms with Crippen LogP contribution < -0.4 is 10.1 Å². The molecule has 7 nitrogen and oxygen atoms in total. The number of fused-ring (bicyclic) bond motifs is 1. The molecule has 2 aliphatic rings. The van der Waals surface area contributed by atoms with Crippen LogP contribution in [-0.4, -0.2) is 48.1 Å². The lowest BCUT2D eigenvalue weighted by atomic mass is 9.75. The summed E-state index contributed by atoms with van der Waals surface area (Å²) in [5.74, 6) is 1.01. The summed E-state index contributed by atoms with van der Waals surface area (Å²) in [4.78, 5) is 28.1. The van der Waals surface area contributed by atoms with Gasteiger partial charge >= 0.3 is 0 Å². The van der Waals surface area contributed by atoms with Crippen molar-refractivity contribution in [3.8, 4) is 5.75 Å². The molecule has 1 unspecified atom stereocenters. The van der Waals surface area contributed by atoms with Crippen molar-refractivity contribution in [2.45, 2.75) is 58.3 Å². The Kier molecular flexibility index (Phi) is 7.58. The van der Waals surface area contributed by atoms with Crippen molar-refractivity contribution >= 4 is 23.4 Å². The quantitative estimate of drug-likeness (QED) is 0.686. The number of aromatic nitrogens is 1. The van der Waals surface area contributed by atoms with E-state index in [1.165, 1.54) is 0 Å². The summed E-state index contributed by atoms with van der Waals surface area (Å²) in [6.45, 7) is 4.42. The zero-order chi connectivity index (χ0) is 23.3. The average Bonchev–Trinajstić information content (AvgIpc) is 3.28. The predicted molar refractivity (Wildman–Crippen MR) is 126 cm³/mol. The van der Waals surface area contributed by atoms with Gasteiger partial charge in [0.2, 0.25) is 0 Å². The summed E-state index contributed by atoms with van der Waals surface area (Å²) >= 11 is 6.15. The van der Waals surface area contributed by atoms with Crippen molar-refractivity contribution in [2.24, 2.45) is 5.41 Å². The average molecular weight is 474 g/mol. The van der Waals surface area contributed by atoms with Crippen LogP contribution in [0, 0.1) is 5.41 Å². The Bertz CT molecular complexity index is 992. The minimum absolute atomic E-state index is 0.0943. The van der Waals surface area contributed by atoms with Crippen molar-refractivity contribution in [3.05, 3.63) is 46.3 Å². The molecule has 2 aliphatic heterocycles. The fraction of sp³-hybridized carbons (Fsp3) is 0.560. The van der Waals surface area contributed by atoms with Crippen LogP contribution in [0.3, 0.4) is 0 Å². The molecule has 0 aliphatic carbocycles. The van der Waals surface area contributed by atoms with E-state index in [9.17, 15) is 9.59 Å². The normalized spacial score (nSPS) is 22.0. The third-order valence-electron chi connectivity index (χ3n) is 6.64. The molecule has 1 aromatic heterocycles. The fourth-order valence-corrected chi connectivity index (χ4v) is 5.06. The second-order valence-electron chi connectivity index (χ2n) is 9.24. The molecule has 0 radical (unpaired) electrons. The molecular formula is C25H32ClN3O4. The van der Waals surface area contributed by atoms with Crippen molar-refractivity contribution in [1.82, 2.24) is 15.4 Å². The lowest BCUT2D eigenvalue weighted by Crippen LogP contribution is -2.51. The summed E-state index contributed by atoms with van der Waals surface area (Å²) in [6, 6.07) is 6.91. The highest BCUT2D eigenvalue weighted by Gasteiger charge is 2.38. The highest BCUT2D eigenvalue weighted by molar-refractivity contribution is 6.31. The van der Waals surface area contributed by atoms with Crippen LogP contribution in [0.25, 0.3) is 0 Å². The van der Waals surface area contributed by atoms with Crippen LogP contribution in [0.2, 0.25) is 5.02 Å². The van der Waals surface area contributed by atoms with E-state index in [0.29, 0.717) is 48.3 Å². The maximum Gasteiger partial charge on any atom is 0.276 e. The zero-order valence-electron chi connectivity index (χ0n) is 19.2. The number of carbonyl (C=O) groups excluding carboxylic acids is 2. The second kappa shape index (κ2) is 10.6. The highest BCUT2D eigenvalue weighted by atomic mass is 35.5. The summed E-state index contributed by atoms with van der Waals surface area (Å²) in [7, 11) is 0. The fourth-order valence-electron chi connectivity index (χ4n) is 4.89. The van der Waals surface area contributed by atoms with Gasteiger partial charge in [-0.1, -0.05) is 36.5 Å². The van der Waals surface area contributed by atoms with Gasteiger partial charge in [0.1, 0.15) is 11.5 Å². The Balaban J connectivity index is 1.51. The van der Waals surface area contributed by atoms with Crippen molar-refractivity contribution in [3.63, 3.8) is 0 Å². The van der Waals surface area contributed by atoms with E-state index in [4.69, 9.17) is 20.9 Å². The van der Waals surface area contributed by atoms with Crippen LogP contribution in [-0.2, 0) is 6.42 Å². The maximum atomic E-state index is 13.2. The van der Waals surface area contributed by atoms with Crippen molar-refractivity contribution in [2.75, 3.05) is 26.2 Å². The molecule has 1 spiro atoms. The first-order valence-electron chi connectivity index (χ1n) is 12.0. The largest absolute Gasteiger partial charge is 0.493 e. The number of hydrogen-bond acceptors (Lipinski definition) is 5. The Morgan fingerprint density at radius 2 is 2.06 bits per heavy atom. The van der Waals surface area contributed by atoms with Gasteiger partial charge in [0.05, 0.1) is 12.2 Å². The number of hydrogen-bond donors (Lipinski definition) is 1. The van der Waals surface area contributed by atoms with Gasteiger partial charge in [-0.2, -0.15) is 0 Å². The molecule has 1 aromatic carbocycles. The summed E-state index contributed by atoms with van der Waals surface area (Å²) in [6.07, 6.45) is 7.50. The molecule has 1 fully saturated rings. The summed E-state index contributed by atoms with van der Waals surface area (Å²) in [5, 5.41) is 7.62. The third-order valence-corrected chi connectivity index (χ3v) is 6.88. The minimum atomic E-state index is -0.198. The monoisotopic (exact) mass is 473 g/mol. The van der Waals surface area contributed by atoms with E-state index in [2.05, 4.69) is 17.4 Å². The van der Waals surface area contributed by atoms with Gasteiger partial charge in [0.15, 0.2) is 5.69 Å². The van der Waals surface area contributed by atoms with Crippen LogP contribution in [0.15, 0.2) is 28.8 Å². The number of aryl methyl sites for hydroxylation is 1. The zero-order valence-corrected chi connectivity index (χ0v) is 20.0. The highest BCUT2D eigenvalue weighted by Crippen LogP contribution is 2.36. The van der Waals surface area contributed by atoms with Crippen LogP contribution in [0.5, 0.6) is 5.75 Å². The van der Waals surface area contributed by atoms with E-state index < -0.39 is 0 Å². The minimum Gasteiger partial charge on any atom is -0.493 e. The third kappa shape index (κ3) is 5.69. The number of amides is 2. The van der Waals surface area contributed by atoms with Crippen LogP contribution in [0.1, 0.15) is 78.5 Å². The van der Waals surface area contributed by atoms with E-state index >= 15 is 0 Å². The first-order chi connectivity index (χ1) is 16.0. The Morgan fingerprint density at radius 3 is 2.91 bits per heavy atom. The lowest BCUT2D eigenvalue weighted by Gasteiger charge is -2.43. The van der Waals surface area contributed by atoms with Gasteiger partial charge in [-0.15, -0.1) is 0 Å². The Morgan fingerprint density at radius 1 is 1.21 bits per heavy atom. The van der Waals surface area contributed by atoms with Gasteiger partial charge in [0, 0.05) is 42.6 Å². The number of ether oxygens (including phenoxy) is 1. The number of nitrogens with zero attached hydrogens (tertiary/aromatic N) is 2. The number of likely N-dealkylation sites (tertiary alicyclic amines) is 1. The van der Waals surface area contributed by atoms with E-state index in [1.807, 2.05) is 4.90 Å².